The molecule has 0 bridgehead atoms. The van der Waals surface area contributed by atoms with Crippen molar-refractivity contribution in [2.45, 2.75) is 51.6 Å². The highest BCUT2D eigenvalue weighted by atomic mass is 16.2. The molecule has 0 aliphatic heterocycles. The predicted octanol–water partition coefficient (Wildman–Crippen LogP) is 2.77. The number of hydrogen-bond acceptors (Lipinski definition) is 2. The highest BCUT2D eigenvalue weighted by molar-refractivity contribution is 5.83. The van der Waals surface area contributed by atoms with Gasteiger partial charge in [-0.2, -0.15) is 0 Å². The van der Waals surface area contributed by atoms with Crippen LogP contribution in [0, 0.1) is 5.41 Å². The average molecular weight is 260 g/mol. The normalized spacial score (nSPS) is 23.6. The van der Waals surface area contributed by atoms with Crippen molar-refractivity contribution in [3.05, 3.63) is 35.9 Å². The molecule has 0 spiro atoms. The van der Waals surface area contributed by atoms with E-state index in [0.717, 1.165) is 12.0 Å². The lowest BCUT2D eigenvalue weighted by molar-refractivity contribution is -0.124. The highest BCUT2D eigenvalue weighted by Crippen LogP contribution is 2.35. The summed E-state index contributed by atoms with van der Waals surface area (Å²) >= 11 is 0. The van der Waals surface area contributed by atoms with E-state index in [1.54, 1.807) is 0 Å². The zero-order valence-corrected chi connectivity index (χ0v) is 11.9. The Kier molecular flexibility index (Phi) is 4.25. The van der Waals surface area contributed by atoms with Crippen LogP contribution in [0.15, 0.2) is 30.3 Å². The molecule has 104 valence electrons. The van der Waals surface area contributed by atoms with Gasteiger partial charge in [0.05, 0.1) is 0 Å². The molecule has 1 aromatic carbocycles. The monoisotopic (exact) mass is 260 g/mol. The first-order chi connectivity index (χ1) is 9.00. The fraction of sp³-hybridized carbons (Fsp3) is 0.562. The highest BCUT2D eigenvalue weighted by Gasteiger charge is 2.34. The standard InChI is InChI=1S/C16H24N2O/c1-16(2)11-7-6-10-13(16)18-15(19)14(17)12-8-4-3-5-9-12/h3-5,8-9,13-14H,6-7,10-11,17H2,1-2H3,(H,18,19)/t13?,14-/m1/s1. The third-order valence-corrected chi connectivity index (χ3v) is 4.26. The minimum absolute atomic E-state index is 0.0637. The van der Waals surface area contributed by atoms with Gasteiger partial charge in [-0.3, -0.25) is 4.79 Å². The largest absolute Gasteiger partial charge is 0.351 e. The van der Waals surface area contributed by atoms with Crippen LogP contribution in [-0.2, 0) is 4.79 Å². The Balaban J connectivity index is 2.01. The number of carbonyl (C=O) groups excluding carboxylic acids is 1. The van der Waals surface area contributed by atoms with Gasteiger partial charge in [0, 0.05) is 6.04 Å². The minimum atomic E-state index is -0.570. The maximum absolute atomic E-state index is 12.3. The van der Waals surface area contributed by atoms with Gasteiger partial charge in [-0.05, 0) is 23.8 Å². The van der Waals surface area contributed by atoms with Crippen LogP contribution >= 0.6 is 0 Å². The first-order valence-corrected chi connectivity index (χ1v) is 7.11. The van der Waals surface area contributed by atoms with Crippen LogP contribution in [-0.4, -0.2) is 11.9 Å². The Labute approximate surface area is 115 Å². The zero-order valence-electron chi connectivity index (χ0n) is 11.9. The number of nitrogens with two attached hydrogens (primary N) is 1. The first-order valence-electron chi connectivity index (χ1n) is 7.11. The number of benzene rings is 1. The SMILES string of the molecule is CC1(C)CCCCC1NC(=O)[C@H](N)c1ccccc1. The quantitative estimate of drug-likeness (QED) is 0.878. The summed E-state index contributed by atoms with van der Waals surface area (Å²) < 4.78 is 0. The summed E-state index contributed by atoms with van der Waals surface area (Å²) in [5.74, 6) is -0.0637. The molecule has 0 radical (unpaired) electrons. The fourth-order valence-electron chi connectivity index (χ4n) is 2.83. The van der Waals surface area contributed by atoms with Crippen LogP contribution in [0.1, 0.15) is 51.1 Å². The van der Waals surface area contributed by atoms with Crippen molar-refractivity contribution < 1.29 is 4.79 Å². The maximum Gasteiger partial charge on any atom is 0.241 e. The van der Waals surface area contributed by atoms with E-state index in [2.05, 4.69) is 19.2 Å². The summed E-state index contributed by atoms with van der Waals surface area (Å²) in [5, 5.41) is 3.14. The second-order valence-corrected chi connectivity index (χ2v) is 6.18. The number of rotatable bonds is 3. The van der Waals surface area contributed by atoms with Gasteiger partial charge in [0.15, 0.2) is 0 Å². The van der Waals surface area contributed by atoms with Crippen molar-refractivity contribution in [2.75, 3.05) is 0 Å². The van der Waals surface area contributed by atoms with E-state index < -0.39 is 6.04 Å². The molecule has 2 atom stereocenters. The van der Waals surface area contributed by atoms with Crippen molar-refractivity contribution in [3.63, 3.8) is 0 Å². The third-order valence-electron chi connectivity index (χ3n) is 4.26. The summed E-state index contributed by atoms with van der Waals surface area (Å²) in [6.07, 6.45) is 4.66. The summed E-state index contributed by atoms with van der Waals surface area (Å²) in [4.78, 5) is 12.3. The van der Waals surface area contributed by atoms with Gasteiger partial charge in [-0.15, -0.1) is 0 Å². The van der Waals surface area contributed by atoms with Gasteiger partial charge >= 0.3 is 0 Å². The Morgan fingerprint density at radius 2 is 2.00 bits per heavy atom. The van der Waals surface area contributed by atoms with Gasteiger partial charge in [0.1, 0.15) is 6.04 Å². The molecule has 1 saturated carbocycles. The molecule has 0 saturated heterocycles. The summed E-state index contributed by atoms with van der Waals surface area (Å²) in [6, 6.07) is 9.22. The van der Waals surface area contributed by atoms with Crippen LogP contribution < -0.4 is 11.1 Å². The van der Waals surface area contributed by atoms with Crippen LogP contribution in [0.5, 0.6) is 0 Å². The molecular weight excluding hydrogens is 236 g/mol. The van der Waals surface area contributed by atoms with Crippen molar-refractivity contribution in [2.24, 2.45) is 11.1 Å². The molecule has 0 aromatic heterocycles. The lowest BCUT2D eigenvalue weighted by Crippen LogP contribution is -2.49. The average Bonchev–Trinajstić information content (AvgIpc) is 2.41. The second kappa shape index (κ2) is 5.74. The van der Waals surface area contributed by atoms with E-state index in [1.807, 2.05) is 30.3 Å². The molecule has 1 aromatic rings. The molecule has 3 N–H and O–H groups in total. The van der Waals surface area contributed by atoms with Crippen LogP contribution in [0.4, 0.5) is 0 Å². The molecule has 1 aliphatic carbocycles. The topological polar surface area (TPSA) is 55.1 Å². The number of nitrogens with one attached hydrogen (secondary N) is 1. The molecule has 3 nitrogen and oxygen atoms in total. The molecule has 1 aliphatic rings. The Hall–Kier alpha value is -1.35. The lowest BCUT2D eigenvalue weighted by atomic mass is 9.73. The van der Waals surface area contributed by atoms with E-state index in [4.69, 9.17) is 5.73 Å². The van der Waals surface area contributed by atoms with E-state index in [9.17, 15) is 4.79 Å². The van der Waals surface area contributed by atoms with Gasteiger partial charge in [0.25, 0.3) is 0 Å². The van der Waals surface area contributed by atoms with Gasteiger partial charge < -0.3 is 11.1 Å². The molecule has 1 amide bonds. The van der Waals surface area contributed by atoms with E-state index in [-0.39, 0.29) is 17.4 Å². The number of amides is 1. The van der Waals surface area contributed by atoms with E-state index in [0.29, 0.717) is 0 Å². The molecule has 2 rings (SSSR count). The van der Waals surface area contributed by atoms with Crippen molar-refractivity contribution in [1.29, 1.82) is 0 Å². The van der Waals surface area contributed by atoms with Crippen LogP contribution in [0.2, 0.25) is 0 Å². The molecule has 1 fully saturated rings. The molecular formula is C16H24N2O. The summed E-state index contributed by atoms with van der Waals surface area (Å²) in [6.45, 7) is 4.45. The molecule has 1 unspecified atom stereocenters. The molecule has 0 heterocycles. The predicted molar refractivity (Wildman–Crippen MR) is 77.6 cm³/mol. The third kappa shape index (κ3) is 3.35. The molecule has 19 heavy (non-hydrogen) atoms. The van der Waals surface area contributed by atoms with Crippen LogP contribution in [0.25, 0.3) is 0 Å². The molecule has 3 heteroatoms. The van der Waals surface area contributed by atoms with E-state index in [1.165, 1.54) is 19.3 Å². The van der Waals surface area contributed by atoms with Crippen LogP contribution in [0.3, 0.4) is 0 Å². The van der Waals surface area contributed by atoms with Crippen molar-refractivity contribution >= 4 is 5.91 Å². The fourth-order valence-corrected chi connectivity index (χ4v) is 2.83. The van der Waals surface area contributed by atoms with Crippen molar-refractivity contribution in [3.8, 4) is 0 Å². The Morgan fingerprint density at radius 1 is 1.32 bits per heavy atom. The number of hydrogen-bond donors (Lipinski definition) is 2. The summed E-state index contributed by atoms with van der Waals surface area (Å²) in [5.41, 5.74) is 7.07. The number of carbonyl (C=O) groups is 1. The van der Waals surface area contributed by atoms with Gasteiger partial charge in [-0.25, -0.2) is 0 Å². The lowest BCUT2D eigenvalue weighted by Gasteiger charge is -2.39. The second-order valence-electron chi connectivity index (χ2n) is 6.18. The zero-order chi connectivity index (χ0) is 13.9. The minimum Gasteiger partial charge on any atom is -0.351 e. The first kappa shape index (κ1) is 14.1. The summed E-state index contributed by atoms with van der Waals surface area (Å²) in [7, 11) is 0. The smallest absolute Gasteiger partial charge is 0.241 e. The van der Waals surface area contributed by atoms with Crippen molar-refractivity contribution in [1.82, 2.24) is 5.32 Å². The maximum atomic E-state index is 12.3. The van der Waals surface area contributed by atoms with Gasteiger partial charge in [0.2, 0.25) is 5.91 Å². The Morgan fingerprint density at radius 3 is 2.63 bits per heavy atom. The van der Waals surface area contributed by atoms with Gasteiger partial charge in [-0.1, -0.05) is 57.0 Å². The Bertz CT molecular complexity index is 428. The van der Waals surface area contributed by atoms with E-state index >= 15 is 0 Å².